The predicted octanol–water partition coefficient (Wildman–Crippen LogP) is 4.45. The molecule has 0 aromatic heterocycles. The van der Waals surface area contributed by atoms with E-state index in [1.54, 1.807) is 49.4 Å². The average molecular weight is 432 g/mol. The van der Waals surface area contributed by atoms with Crippen molar-refractivity contribution in [2.75, 3.05) is 17.3 Å². The monoisotopic (exact) mass is 431 g/mol. The Morgan fingerprint density at radius 1 is 1.10 bits per heavy atom. The zero-order valence-corrected chi connectivity index (χ0v) is 18.0. The minimum absolute atomic E-state index is 0.0340. The number of imide groups is 1. The molecule has 152 valence electrons. The maximum Gasteiger partial charge on any atom is 0.272 e. The molecule has 0 radical (unpaired) electrons. The lowest BCUT2D eigenvalue weighted by molar-refractivity contribution is -0.119. The molecule has 7 heteroatoms. The zero-order valence-electron chi connectivity index (χ0n) is 16.4. The van der Waals surface area contributed by atoms with Crippen molar-refractivity contribution in [3.8, 4) is 5.75 Å². The van der Waals surface area contributed by atoms with E-state index in [2.05, 4.69) is 0 Å². The fraction of sp³-hybridized carbons (Fsp3) is 0.273. The van der Waals surface area contributed by atoms with Crippen LogP contribution >= 0.6 is 23.4 Å². The lowest BCUT2D eigenvalue weighted by Crippen LogP contribution is -2.32. The maximum absolute atomic E-state index is 13.3. The molecule has 2 aromatic rings. The summed E-state index contributed by atoms with van der Waals surface area (Å²) in [5, 5.41) is 9.71. The fourth-order valence-corrected chi connectivity index (χ4v) is 4.10. The van der Waals surface area contributed by atoms with Crippen LogP contribution in [0, 0.1) is 6.92 Å². The van der Waals surface area contributed by atoms with Crippen LogP contribution in [0.1, 0.15) is 25.0 Å². The van der Waals surface area contributed by atoms with Crippen LogP contribution in [0.4, 0.5) is 5.69 Å². The standard InChI is InChI=1S/C22H22ClNO4S/c1-13(2)28-16-9-7-15(8-10-16)19-20(29-12-11-25)22(27)24(21(19)26)18-6-4-5-17(23)14(18)3/h4-10,13,25H,11-12H2,1-3H3. The summed E-state index contributed by atoms with van der Waals surface area (Å²) in [6, 6.07) is 12.2. The lowest BCUT2D eigenvalue weighted by atomic mass is 10.1. The van der Waals surface area contributed by atoms with E-state index in [1.807, 2.05) is 13.8 Å². The molecule has 5 nitrogen and oxygen atoms in total. The third-order valence-corrected chi connectivity index (χ3v) is 5.84. The number of hydrogen-bond acceptors (Lipinski definition) is 5. The smallest absolute Gasteiger partial charge is 0.272 e. The molecule has 2 amide bonds. The average Bonchev–Trinajstić information content (AvgIpc) is 2.92. The number of anilines is 1. The van der Waals surface area contributed by atoms with Gasteiger partial charge in [0.1, 0.15) is 5.75 Å². The largest absolute Gasteiger partial charge is 0.491 e. The number of ether oxygens (including phenoxy) is 1. The summed E-state index contributed by atoms with van der Waals surface area (Å²) < 4.78 is 5.66. The summed E-state index contributed by atoms with van der Waals surface area (Å²) in [6.07, 6.45) is 0.0340. The van der Waals surface area contributed by atoms with E-state index in [0.717, 1.165) is 4.90 Å². The van der Waals surface area contributed by atoms with E-state index in [1.165, 1.54) is 11.8 Å². The number of benzene rings is 2. The maximum atomic E-state index is 13.3. The molecule has 0 unspecified atom stereocenters. The molecule has 1 aliphatic heterocycles. The van der Waals surface area contributed by atoms with Crippen molar-refractivity contribution >= 4 is 46.4 Å². The van der Waals surface area contributed by atoms with Crippen molar-refractivity contribution in [2.24, 2.45) is 0 Å². The molecule has 0 aliphatic carbocycles. The van der Waals surface area contributed by atoms with Gasteiger partial charge in [0.25, 0.3) is 11.8 Å². The lowest BCUT2D eigenvalue weighted by Gasteiger charge is -2.18. The van der Waals surface area contributed by atoms with Crippen molar-refractivity contribution in [1.82, 2.24) is 0 Å². The first-order valence-corrected chi connectivity index (χ1v) is 10.6. The van der Waals surface area contributed by atoms with Gasteiger partial charge in [0.2, 0.25) is 0 Å². The number of hydrogen-bond donors (Lipinski definition) is 1. The van der Waals surface area contributed by atoms with E-state index < -0.39 is 11.8 Å². The van der Waals surface area contributed by atoms with Crippen molar-refractivity contribution in [3.05, 3.63) is 63.5 Å². The number of thioether (sulfide) groups is 1. The van der Waals surface area contributed by atoms with Crippen LogP contribution < -0.4 is 9.64 Å². The summed E-state index contributed by atoms with van der Waals surface area (Å²) in [6.45, 7) is 5.55. The molecule has 0 atom stereocenters. The number of aliphatic hydroxyl groups excluding tert-OH is 1. The van der Waals surface area contributed by atoms with Crippen LogP contribution in [0.3, 0.4) is 0 Å². The second-order valence-electron chi connectivity index (χ2n) is 6.80. The Morgan fingerprint density at radius 3 is 2.41 bits per heavy atom. The minimum Gasteiger partial charge on any atom is -0.491 e. The summed E-state index contributed by atoms with van der Waals surface area (Å²) >= 11 is 7.38. The van der Waals surface area contributed by atoms with Crippen LogP contribution in [0.5, 0.6) is 5.75 Å². The van der Waals surface area contributed by atoms with Crippen molar-refractivity contribution in [2.45, 2.75) is 26.9 Å². The summed E-state index contributed by atoms with van der Waals surface area (Å²) in [5.74, 6) is 0.192. The van der Waals surface area contributed by atoms with E-state index in [-0.39, 0.29) is 12.7 Å². The molecule has 2 aromatic carbocycles. The fourth-order valence-electron chi connectivity index (χ4n) is 3.08. The van der Waals surface area contributed by atoms with Gasteiger partial charge in [-0.25, -0.2) is 4.90 Å². The van der Waals surface area contributed by atoms with Gasteiger partial charge in [-0.2, -0.15) is 0 Å². The predicted molar refractivity (Wildman–Crippen MR) is 117 cm³/mol. The molecule has 0 fully saturated rings. The summed E-state index contributed by atoms with van der Waals surface area (Å²) in [7, 11) is 0. The number of rotatable bonds is 7. The molecule has 29 heavy (non-hydrogen) atoms. The second kappa shape index (κ2) is 9.03. The molecule has 0 saturated heterocycles. The Kier molecular flexibility index (Phi) is 6.67. The minimum atomic E-state index is -0.406. The van der Waals surface area contributed by atoms with Gasteiger partial charge >= 0.3 is 0 Å². The van der Waals surface area contributed by atoms with Gasteiger partial charge < -0.3 is 9.84 Å². The number of halogens is 1. The molecule has 0 bridgehead atoms. The Labute approximate surface area is 179 Å². The van der Waals surface area contributed by atoms with Crippen molar-refractivity contribution in [1.29, 1.82) is 0 Å². The van der Waals surface area contributed by atoms with Gasteiger partial charge in [-0.1, -0.05) is 29.8 Å². The van der Waals surface area contributed by atoms with E-state index in [4.69, 9.17) is 16.3 Å². The molecule has 0 spiro atoms. The highest BCUT2D eigenvalue weighted by molar-refractivity contribution is 8.04. The summed E-state index contributed by atoms with van der Waals surface area (Å²) in [5.41, 5.74) is 2.07. The van der Waals surface area contributed by atoms with Crippen LogP contribution in [0.15, 0.2) is 47.4 Å². The zero-order chi connectivity index (χ0) is 21.1. The first-order valence-electron chi connectivity index (χ1n) is 9.24. The van der Waals surface area contributed by atoms with Gasteiger partial charge in [-0.3, -0.25) is 9.59 Å². The first-order chi connectivity index (χ1) is 13.8. The van der Waals surface area contributed by atoms with Crippen LogP contribution in [0.2, 0.25) is 5.02 Å². The molecular formula is C22H22ClNO4S. The third-order valence-electron chi connectivity index (χ3n) is 4.37. The highest BCUT2D eigenvalue weighted by atomic mass is 35.5. The first kappa shape index (κ1) is 21.4. The molecule has 1 N–H and O–H groups in total. The highest BCUT2D eigenvalue weighted by Gasteiger charge is 2.40. The number of aliphatic hydroxyl groups is 1. The highest BCUT2D eigenvalue weighted by Crippen LogP contribution is 2.40. The molecule has 0 saturated carbocycles. The van der Waals surface area contributed by atoms with Crippen LogP contribution in [-0.4, -0.2) is 35.4 Å². The van der Waals surface area contributed by atoms with E-state index in [0.29, 0.717) is 43.8 Å². The van der Waals surface area contributed by atoms with E-state index in [9.17, 15) is 14.7 Å². The molecular weight excluding hydrogens is 410 g/mol. The normalized spacial score (nSPS) is 14.3. The Bertz CT molecular complexity index is 969. The van der Waals surface area contributed by atoms with Crippen LogP contribution in [-0.2, 0) is 9.59 Å². The van der Waals surface area contributed by atoms with Gasteiger partial charge in [0.05, 0.1) is 28.9 Å². The second-order valence-corrected chi connectivity index (χ2v) is 8.31. The van der Waals surface area contributed by atoms with Gasteiger partial charge in [-0.05, 0) is 56.2 Å². The topological polar surface area (TPSA) is 66.8 Å². The molecule has 1 aliphatic rings. The number of amides is 2. The molecule has 1 heterocycles. The van der Waals surface area contributed by atoms with Crippen molar-refractivity contribution < 1.29 is 19.4 Å². The van der Waals surface area contributed by atoms with Crippen LogP contribution in [0.25, 0.3) is 5.57 Å². The number of nitrogens with zero attached hydrogens (tertiary/aromatic N) is 1. The third kappa shape index (κ3) is 4.34. The Balaban J connectivity index is 2.04. The number of carbonyl (C=O) groups is 2. The Hall–Kier alpha value is -2.28. The summed E-state index contributed by atoms with van der Waals surface area (Å²) in [4.78, 5) is 28.0. The van der Waals surface area contributed by atoms with Gasteiger partial charge in [-0.15, -0.1) is 11.8 Å². The van der Waals surface area contributed by atoms with E-state index >= 15 is 0 Å². The Morgan fingerprint density at radius 2 is 1.79 bits per heavy atom. The quantitative estimate of drug-likeness (QED) is 0.656. The van der Waals surface area contributed by atoms with Gasteiger partial charge in [0, 0.05) is 10.8 Å². The van der Waals surface area contributed by atoms with Crippen molar-refractivity contribution in [3.63, 3.8) is 0 Å². The SMILES string of the molecule is Cc1c(Cl)cccc1N1C(=O)C(SCCO)=C(c2ccc(OC(C)C)cc2)C1=O. The number of carbonyl (C=O) groups excluding carboxylic acids is 2. The molecule has 3 rings (SSSR count). The van der Waals surface area contributed by atoms with Gasteiger partial charge in [0.15, 0.2) is 0 Å².